The van der Waals surface area contributed by atoms with E-state index in [1.807, 2.05) is 12.1 Å². The fourth-order valence-corrected chi connectivity index (χ4v) is 5.43. The minimum absolute atomic E-state index is 0.124. The van der Waals surface area contributed by atoms with Gasteiger partial charge in [0.1, 0.15) is 5.69 Å². The van der Waals surface area contributed by atoms with Crippen LogP contribution in [0.15, 0.2) is 24.3 Å². The highest BCUT2D eigenvalue weighted by molar-refractivity contribution is 7.13. The van der Waals surface area contributed by atoms with Gasteiger partial charge in [-0.05, 0) is 37.1 Å². The summed E-state index contributed by atoms with van der Waals surface area (Å²) in [7, 11) is 0. The molecule has 7 nitrogen and oxygen atoms in total. The molecule has 0 bridgehead atoms. The van der Waals surface area contributed by atoms with Crippen molar-refractivity contribution >= 4 is 45.7 Å². The lowest BCUT2D eigenvalue weighted by molar-refractivity contribution is 0.0860. The number of carbonyl (C=O) groups is 2. The van der Waals surface area contributed by atoms with Crippen LogP contribution in [-0.2, 0) is 17.8 Å². The summed E-state index contributed by atoms with van der Waals surface area (Å²) in [4.78, 5) is 34.4. The maximum absolute atomic E-state index is 12.9. The lowest BCUT2D eigenvalue weighted by atomic mass is 9.90. The number of nitrogens with zero attached hydrogens (tertiary/aromatic N) is 1. The fraction of sp³-hybridized carbons (Fsp3) is 0.409. The van der Waals surface area contributed by atoms with Gasteiger partial charge in [-0.15, -0.1) is 11.3 Å². The quantitative estimate of drug-likeness (QED) is 0.553. The van der Waals surface area contributed by atoms with Gasteiger partial charge in [0.2, 0.25) is 0 Å². The molecular formula is C22H23ClN4O3S. The van der Waals surface area contributed by atoms with E-state index < -0.39 is 0 Å². The van der Waals surface area contributed by atoms with Crippen LogP contribution in [0.5, 0.6) is 0 Å². The van der Waals surface area contributed by atoms with E-state index in [2.05, 4.69) is 20.6 Å². The van der Waals surface area contributed by atoms with Crippen molar-refractivity contribution in [3.63, 3.8) is 0 Å². The molecule has 31 heavy (non-hydrogen) atoms. The van der Waals surface area contributed by atoms with Gasteiger partial charge in [0.25, 0.3) is 11.8 Å². The summed E-state index contributed by atoms with van der Waals surface area (Å²) in [6.45, 7) is 1.17. The monoisotopic (exact) mass is 458 g/mol. The van der Waals surface area contributed by atoms with Crippen molar-refractivity contribution in [1.82, 2.24) is 20.6 Å². The molecule has 0 saturated heterocycles. The number of rotatable bonds is 4. The summed E-state index contributed by atoms with van der Waals surface area (Å²) in [5.41, 5.74) is 2.31. The van der Waals surface area contributed by atoms with E-state index in [1.54, 1.807) is 12.1 Å². The van der Waals surface area contributed by atoms with Crippen molar-refractivity contribution in [3.8, 4) is 0 Å². The van der Waals surface area contributed by atoms with Gasteiger partial charge in [0, 0.05) is 34.4 Å². The largest absolute Gasteiger partial charge is 0.375 e. The van der Waals surface area contributed by atoms with E-state index in [1.165, 1.54) is 11.3 Å². The van der Waals surface area contributed by atoms with Crippen LogP contribution in [0.1, 0.15) is 56.5 Å². The second kappa shape index (κ2) is 8.61. The zero-order valence-corrected chi connectivity index (χ0v) is 18.4. The summed E-state index contributed by atoms with van der Waals surface area (Å²) in [5, 5.41) is 8.21. The lowest BCUT2D eigenvalue weighted by Gasteiger charge is -2.32. The van der Waals surface area contributed by atoms with Crippen LogP contribution in [-0.4, -0.2) is 40.5 Å². The molecule has 3 heterocycles. The number of benzene rings is 1. The van der Waals surface area contributed by atoms with Gasteiger partial charge in [-0.3, -0.25) is 9.59 Å². The zero-order valence-electron chi connectivity index (χ0n) is 16.9. The third-order valence-electron chi connectivity index (χ3n) is 5.92. The number of nitrogens with one attached hydrogen (secondary N) is 3. The molecule has 162 valence electrons. The first-order valence-electron chi connectivity index (χ1n) is 10.5. The SMILES string of the molecule is O=C(N[C@H]1CCCC[C@H]1NC(=O)c1nc2c(s1)COCC2)c1cc2cc(Cl)ccc2[nH]1. The molecule has 9 heteroatoms. The first kappa shape index (κ1) is 20.5. The molecule has 2 aliphatic rings. The highest BCUT2D eigenvalue weighted by Crippen LogP contribution is 2.25. The van der Waals surface area contributed by atoms with Gasteiger partial charge < -0.3 is 20.4 Å². The smallest absolute Gasteiger partial charge is 0.280 e. The molecule has 5 rings (SSSR count). The average Bonchev–Trinajstić information content (AvgIpc) is 3.39. The van der Waals surface area contributed by atoms with Gasteiger partial charge in [0.05, 0.1) is 23.8 Å². The minimum Gasteiger partial charge on any atom is -0.375 e. The zero-order chi connectivity index (χ0) is 21.4. The number of amides is 2. The number of ether oxygens (including phenoxy) is 1. The number of hydrogen-bond donors (Lipinski definition) is 3. The molecule has 0 unspecified atom stereocenters. The molecule has 1 fully saturated rings. The first-order chi connectivity index (χ1) is 15.1. The minimum atomic E-state index is -0.180. The van der Waals surface area contributed by atoms with Crippen LogP contribution in [0.3, 0.4) is 0 Å². The third kappa shape index (κ3) is 4.33. The number of hydrogen-bond acceptors (Lipinski definition) is 5. The average molecular weight is 459 g/mol. The Morgan fingerprint density at radius 2 is 1.90 bits per heavy atom. The van der Waals surface area contributed by atoms with Crippen molar-refractivity contribution in [2.75, 3.05) is 6.61 Å². The number of aromatic amines is 1. The van der Waals surface area contributed by atoms with Crippen molar-refractivity contribution in [2.24, 2.45) is 0 Å². The molecule has 0 radical (unpaired) electrons. The Morgan fingerprint density at radius 1 is 1.13 bits per heavy atom. The highest BCUT2D eigenvalue weighted by Gasteiger charge is 2.30. The van der Waals surface area contributed by atoms with Crippen LogP contribution in [0.4, 0.5) is 0 Å². The number of thiazole rings is 1. The van der Waals surface area contributed by atoms with Gasteiger partial charge >= 0.3 is 0 Å². The second-order valence-corrected chi connectivity index (χ2v) is 9.57. The van der Waals surface area contributed by atoms with Crippen molar-refractivity contribution < 1.29 is 14.3 Å². The summed E-state index contributed by atoms with van der Waals surface area (Å²) >= 11 is 7.44. The van der Waals surface area contributed by atoms with E-state index in [0.717, 1.165) is 53.6 Å². The Balaban J connectivity index is 1.28. The second-order valence-electron chi connectivity index (χ2n) is 8.05. The van der Waals surface area contributed by atoms with Gasteiger partial charge in [-0.2, -0.15) is 0 Å². The van der Waals surface area contributed by atoms with Crippen LogP contribution < -0.4 is 10.6 Å². The predicted molar refractivity (Wildman–Crippen MR) is 120 cm³/mol. The molecule has 3 N–H and O–H groups in total. The van der Waals surface area contributed by atoms with Crippen molar-refractivity contribution in [1.29, 1.82) is 0 Å². The number of fused-ring (bicyclic) bond motifs is 2. The number of carbonyl (C=O) groups excluding carboxylic acids is 2. The number of H-pyrrole nitrogens is 1. The molecule has 0 spiro atoms. The Bertz CT molecular complexity index is 1120. The van der Waals surface area contributed by atoms with E-state index in [4.69, 9.17) is 16.3 Å². The van der Waals surface area contributed by atoms with E-state index in [9.17, 15) is 9.59 Å². The van der Waals surface area contributed by atoms with Crippen molar-refractivity contribution in [2.45, 2.75) is 50.8 Å². The third-order valence-corrected chi connectivity index (χ3v) is 7.22. The topological polar surface area (TPSA) is 96.1 Å². The van der Waals surface area contributed by atoms with Gasteiger partial charge in [-0.25, -0.2) is 4.98 Å². The standard InChI is InChI=1S/C22H23ClN4O3S/c23-13-5-6-14-12(9-13)10-18(24-14)20(28)25-15-3-1-2-4-16(15)26-21(29)22-27-17-7-8-30-11-19(17)31-22/h5-6,9-10,15-16,24H,1-4,7-8,11H2,(H,25,28)(H,26,29)/t15-,16+/m0/s1. The summed E-state index contributed by atoms with van der Waals surface area (Å²) in [6, 6.07) is 7.02. The summed E-state index contributed by atoms with van der Waals surface area (Å²) in [6.07, 6.45) is 4.43. The van der Waals surface area contributed by atoms with Crippen LogP contribution in [0.2, 0.25) is 5.02 Å². The first-order valence-corrected chi connectivity index (χ1v) is 11.7. The molecule has 1 saturated carbocycles. The molecule has 2 amide bonds. The maximum Gasteiger partial charge on any atom is 0.280 e. The van der Waals surface area contributed by atoms with Crippen molar-refractivity contribution in [3.05, 3.63) is 50.6 Å². The molecular weight excluding hydrogens is 436 g/mol. The molecule has 1 aliphatic heterocycles. The molecule has 1 aliphatic carbocycles. The highest BCUT2D eigenvalue weighted by atomic mass is 35.5. The Labute approximate surface area is 188 Å². The van der Waals surface area contributed by atoms with E-state index in [-0.39, 0.29) is 23.9 Å². The molecule has 2 atom stereocenters. The Hall–Kier alpha value is -2.42. The molecule has 1 aromatic carbocycles. The fourth-order valence-electron chi connectivity index (χ4n) is 4.30. The van der Waals surface area contributed by atoms with Crippen LogP contribution in [0, 0.1) is 0 Å². The van der Waals surface area contributed by atoms with E-state index >= 15 is 0 Å². The Morgan fingerprint density at radius 3 is 2.68 bits per heavy atom. The number of aromatic nitrogens is 2. The maximum atomic E-state index is 12.9. The summed E-state index contributed by atoms with van der Waals surface area (Å²) < 4.78 is 5.45. The van der Waals surface area contributed by atoms with Crippen LogP contribution >= 0.6 is 22.9 Å². The van der Waals surface area contributed by atoms with Gasteiger partial charge in [-0.1, -0.05) is 24.4 Å². The lowest BCUT2D eigenvalue weighted by Crippen LogP contribution is -2.53. The normalized spacial score (nSPS) is 20.9. The molecule has 2 aromatic heterocycles. The summed E-state index contributed by atoms with van der Waals surface area (Å²) in [5.74, 6) is -0.355. The van der Waals surface area contributed by atoms with Crippen LogP contribution in [0.25, 0.3) is 10.9 Å². The Kier molecular flexibility index (Phi) is 5.69. The predicted octanol–water partition coefficient (Wildman–Crippen LogP) is 3.82. The van der Waals surface area contributed by atoms with Gasteiger partial charge in [0.15, 0.2) is 5.01 Å². The molecule has 3 aromatic rings. The number of halogens is 1. The van der Waals surface area contributed by atoms with E-state index in [0.29, 0.717) is 28.9 Å².